The molecule has 1 heterocycles. The van der Waals surface area contributed by atoms with E-state index in [1.165, 1.54) is 30.4 Å². The summed E-state index contributed by atoms with van der Waals surface area (Å²) in [5.74, 6) is 0. The summed E-state index contributed by atoms with van der Waals surface area (Å²) in [7, 11) is 0. The van der Waals surface area contributed by atoms with Crippen LogP contribution in [0.5, 0.6) is 0 Å². The summed E-state index contributed by atoms with van der Waals surface area (Å²) in [6.45, 7) is 2.01. The van der Waals surface area contributed by atoms with Crippen LogP contribution in [0.15, 0.2) is 60.7 Å². The fourth-order valence-corrected chi connectivity index (χ4v) is 3.74. The summed E-state index contributed by atoms with van der Waals surface area (Å²) in [5, 5.41) is 0. The Morgan fingerprint density at radius 1 is 0.818 bits per heavy atom. The minimum atomic E-state index is 0.473. The van der Waals surface area contributed by atoms with Crippen LogP contribution in [-0.2, 0) is 17.8 Å². The van der Waals surface area contributed by atoms with Gasteiger partial charge >= 0.3 is 0 Å². The smallest absolute Gasteiger partial charge is 0.0996 e. The van der Waals surface area contributed by atoms with Crippen molar-refractivity contribution in [2.75, 3.05) is 0 Å². The van der Waals surface area contributed by atoms with E-state index in [9.17, 15) is 0 Å². The predicted molar refractivity (Wildman–Crippen MR) is 88.4 cm³/mol. The van der Waals surface area contributed by atoms with Gasteiger partial charge in [0.05, 0.1) is 12.2 Å². The standard InChI is InChI=1S/C20H23NO/c1-3-8-16(9-4-1)14-21(15-17-10-5-2-6-11-17)18-12-7-13-19-20(18)22-19/h1-6,8-11,18-20H,7,12-15H2. The Balaban J connectivity index is 1.54. The summed E-state index contributed by atoms with van der Waals surface area (Å²) >= 11 is 0. The highest BCUT2D eigenvalue weighted by molar-refractivity contribution is 5.18. The molecule has 3 unspecified atom stereocenters. The van der Waals surface area contributed by atoms with Crippen molar-refractivity contribution in [3.63, 3.8) is 0 Å². The first-order chi connectivity index (χ1) is 10.9. The van der Waals surface area contributed by atoms with E-state index in [0.29, 0.717) is 18.2 Å². The Kier molecular flexibility index (Phi) is 3.96. The van der Waals surface area contributed by atoms with E-state index >= 15 is 0 Å². The van der Waals surface area contributed by atoms with Crippen LogP contribution in [0.1, 0.15) is 30.4 Å². The van der Waals surface area contributed by atoms with Crippen molar-refractivity contribution < 1.29 is 4.74 Å². The Hall–Kier alpha value is -1.64. The first kappa shape index (κ1) is 14.0. The molecule has 2 nitrogen and oxygen atoms in total. The molecule has 0 amide bonds. The summed E-state index contributed by atoms with van der Waals surface area (Å²) < 4.78 is 5.91. The SMILES string of the molecule is c1ccc(CN(Cc2ccccc2)C2CCCC3OC32)cc1. The minimum absolute atomic E-state index is 0.473. The molecule has 1 saturated carbocycles. The van der Waals surface area contributed by atoms with E-state index in [2.05, 4.69) is 65.6 Å². The second kappa shape index (κ2) is 6.23. The Morgan fingerprint density at radius 2 is 1.41 bits per heavy atom. The van der Waals surface area contributed by atoms with Crippen molar-refractivity contribution in [3.05, 3.63) is 71.8 Å². The average molecular weight is 293 g/mol. The molecule has 1 saturated heterocycles. The maximum Gasteiger partial charge on any atom is 0.0996 e. The van der Waals surface area contributed by atoms with Gasteiger partial charge in [0, 0.05) is 19.1 Å². The summed E-state index contributed by atoms with van der Waals surface area (Å²) in [4.78, 5) is 2.62. The fraction of sp³-hybridized carbons (Fsp3) is 0.400. The molecule has 0 spiro atoms. The van der Waals surface area contributed by atoms with Gasteiger partial charge < -0.3 is 4.74 Å². The molecule has 0 radical (unpaired) electrons. The van der Waals surface area contributed by atoms with Crippen molar-refractivity contribution >= 4 is 0 Å². The van der Waals surface area contributed by atoms with Crippen molar-refractivity contribution in [2.45, 2.75) is 50.6 Å². The zero-order valence-corrected chi connectivity index (χ0v) is 12.9. The number of epoxide rings is 1. The molecule has 2 aliphatic rings. The molecule has 2 aromatic carbocycles. The van der Waals surface area contributed by atoms with E-state index in [-0.39, 0.29) is 0 Å². The maximum absolute atomic E-state index is 5.91. The number of ether oxygens (including phenoxy) is 1. The number of fused-ring (bicyclic) bond motifs is 1. The summed E-state index contributed by atoms with van der Waals surface area (Å²) in [6, 6.07) is 22.2. The van der Waals surface area contributed by atoms with Crippen LogP contribution in [0, 0.1) is 0 Å². The third-order valence-electron chi connectivity index (χ3n) is 4.92. The van der Waals surface area contributed by atoms with Crippen LogP contribution in [0.3, 0.4) is 0 Å². The van der Waals surface area contributed by atoms with Crippen LogP contribution >= 0.6 is 0 Å². The normalized spacial score (nSPS) is 26.7. The number of rotatable bonds is 5. The Morgan fingerprint density at radius 3 is 2.00 bits per heavy atom. The fourth-order valence-electron chi connectivity index (χ4n) is 3.74. The molecular formula is C20H23NO. The van der Waals surface area contributed by atoms with Crippen molar-refractivity contribution in [2.24, 2.45) is 0 Å². The Bertz CT molecular complexity index is 556. The van der Waals surface area contributed by atoms with E-state index in [0.717, 1.165) is 13.1 Å². The third-order valence-corrected chi connectivity index (χ3v) is 4.92. The quantitative estimate of drug-likeness (QED) is 0.774. The number of benzene rings is 2. The lowest BCUT2D eigenvalue weighted by Crippen LogP contribution is -2.40. The van der Waals surface area contributed by atoms with Gasteiger partial charge in [-0.3, -0.25) is 4.90 Å². The number of hydrogen-bond donors (Lipinski definition) is 0. The molecule has 0 aromatic heterocycles. The van der Waals surface area contributed by atoms with Crippen LogP contribution < -0.4 is 0 Å². The third kappa shape index (κ3) is 3.08. The molecule has 1 aliphatic carbocycles. The van der Waals surface area contributed by atoms with E-state index in [4.69, 9.17) is 4.74 Å². The van der Waals surface area contributed by atoms with Gasteiger partial charge in [-0.15, -0.1) is 0 Å². The van der Waals surface area contributed by atoms with Crippen LogP contribution in [0.2, 0.25) is 0 Å². The van der Waals surface area contributed by atoms with Gasteiger partial charge in [-0.25, -0.2) is 0 Å². The van der Waals surface area contributed by atoms with Crippen molar-refractivity contribution in [1.82, 2.24) is 4.90 Å². The predicted octanol–water partition coefficient (Wildman–Crippen LogP) is 4.01. The summed E-state index contributed by atoms with van der Waals surface area (Å²) in [6.07, 6.45) is 4.83. The van der Waals surface area contributed by atoms with Gasteiger partial charge in [0.1, 0.15) is 0 Å². The van der Waals surface area contributed by atoms with Crippen LogP contribution in [0.4, 0.5) is 0 Å². The molecule has 0 bridgehead atoms. The molecule has 1 aliphatic heterocycles. The number of nitrogens with zero attached hydrogens (tertiary/aromatic N) is 1. The zero-order valence-electron chi connectivity index (χ0n) is 12.9. The minimum Gasteiger partial charge on any atom is -0.368 e. The molecule has 114 valence electrons. The second-order valence-corrected chi connectivity index (χ2v) is 6.51. The van der Waals surface area contributed by atoms with Gasteiger partial charge in [0.25, 0.3) is 0 Å². The van der Waals surface area contributed by atoms with Gasteiger partial charge in [-0.2, -0.15) is 0 Å². The average Bonchev–Trinajstić information content (AvgIpc) is 3.36. The van der Waals surface area contributed by atoms with Gasteiger partial charge in [0.15, 0.2) is 0 Å². The van der Waals surface area contributed by atoms with E-state index in [1.807, 2.05) is 0 Å². The van der Waals surface area contributed by atoms with Gasteiger partial charge in [-0.1, -0.05) is 60.7 Å². The largest absolute Gasteiger partial charge is 0.368 e. The highest BCUT2D eigenvalue weighted by Gasteiger charge is 2.49. The highest BCUT2D eigenvalue weighted by Crippen LogP contribution is 2.40. The van der Waals surface area contributed by atoms with E-state index < -0.39 is 0 Å². The summed E-state index contributed by atoms with van der Waals surface area (Å²) in [5.41, 5.74) is 2.78. The molecule has 2 aromatic rings. The zero-order chi connectivity index (χ0) is 14.8. The lowest BCUT2D eigenvalue weighted by Gasteiger charge is -2.33. The van der Waals surface area contributed by atoms with Crippen LogP contribution in [0.25, 0.3) is 0 Å². The monoisotopic (exact) mass is 293 g/mol. The van der Waals surface area contributed by atoms with Gasteiger partial charge in [0.2, 0.25) is 0 Å². The molecule has 2 fully saturated rings. The molecule has 0 N–H and O–H groups in total. The molecular weight excluding hydrogens is 270 g/mol. The van der Waals surface area contributed by atoms with Gasteiger partial charge in [-0.05, 0) is 30.4 Å². The molecule has 4 rings (SSSR count). The first-order valence-corrected chi connectivity index (χ1v) is 8.37. The highest BCUT2D eigenvalue weighted by atomic mass is 16.6. The molecule has 22 heavy (non-hydrogen) atoms. The second-order valence-electron chi connectivity index (χ2n) is 6.51. The van der Waals surface area contributed by atoms with Crippen molar-refractivity contribution in [3.8, 4) is 0 Å². The lowest BCUT2D eigenvalue weighted by molar-refractivity contribution is 0.135. The Labute approximate surface area is 132 Å². The molecule has 3 atom stereocenters. The van der Waals surface area contributed by atoms with Crippen molar-refractivity contribution in [1.29, 1.82) is 0 Å². The number of hydrogen-bond acceptors (Lipinski definition) is 2. The topological polar surface area (TPSA) is 15.8 Å². The van der Waals surface area contributed by atoms with E-state index in [1.54, 1.807) is 0 Å². The maximum atomic E-state index is 5.91. The lowest BCUT2D eigenvalue weighted by atomic mass is 9.93. The molecule has 2 heteroatoms. The first-order valence-electron chi connectivity index (χ1n) is 8.37. The van der Waals surface area contributed by atoms with Crippen LogP contribution in [-0.4, -0.2) is 23.1 Å².